The number of thiophene rings is 1. The lowest BCUT2D eigenvalue weighted by Gasteiger charge is -2.07. The van der Waals surface area contributed by atoms with Crippen molar-refractivity contribution in [3.05, 3.63) is 50.4 Å². The number of aromatic carboxylic acids is 1. The summed E-state index contributed by atoms with van der Waals surface area (Å²) in [6.45, 7) is 0. The zero-order valence-corrected chi connectivity index (χ0v) is 12.2. The molecule has 114 valence electrons. The number of carbonyl (C=O) groups is 1. The Kier molecular flexibility index (Phi) is 3.33. The Morgan fingerprint density at radius 1 is 1.14 bits per heavy atom. The lowest BCUT2D eigenvalue weighted by molar-refractivity contribution is -0.137. The van der Waals surface area contributed by atoms with Gasteiger partial charge in [0.15, 0.2) is 0 Å². The zero-order valence-electron chi connectivity index (χ0n) is 10.5. The lowest BCUT2D eigenvalue weighted by Crippen LogP contribution is -2.11. The number of halogens is 3. The van der Waals surface area contributed by atoms with Crippen molar-refractivity contribution in [2.75, 3.05) is 0 Å². The highest BCUT2D eigenvalue weighted by molar-refractivity contribution is 7.27. The topological polar surface area (TPSA) is 59.3 Å². The van der Waals surface area contributed by atoms with Crippen LogP contribution in [0.3, 0.4) is 0 Å². The van der Waals surface area contributed by atoms with Crippen molar-refractivity contribution in [3.63, 3.8) is 0 Å². The molecule has 0 atom stereocenters. The second-order valence-corrected chi connectivity index (χ2v) is 6.36. The van der Waals surface area contributed by atoms with Crippen LogP contribution >= 0.6 is 22.7 Å². The number of hydrogen-bond donors (Lipinski definition) is 1. The standard InChI is InChI=1S/C13H6F3NO3S2/c14-13(15,16)6-1-3-7(4-2-6)17-10-8(22-12(17)20)5-9(21-10)11(18)19/h1-5H,(H,18,19). The van der Waals surface area contributed by atoms with E-state index in [1.54, 1.807) is 0 Å². The van der Waals surface area contributed by atoms with Crippen molar-refractivity contribution in [1.29, 1.82) is 0 Å². The van der Waals surface area contributed by atoms with E-state index in [9.17, 15) is 22.8 Å². The summed E-state index contributed by atoms with van der Waals surface area (Å²) in [4.78, 5) is 23.0. The molecule has 0 fully saturated rings. The van der Waals surface area contributed by atoms with Gasteiger partial charge < -0.3 is 5.11 Å². The van der Waals surface area contributed by atoms with Gasteiger partial charge in [0.25, 0.3) is 0 Å². The van der Waals surface area contributed by atoms with Gasteiger partial charge in [-0.25, -0.2) is 4.79 Å². The quantitative estimate of drug-likeness (QED) is 0.768. The number of alkyl halides is 3. The van der Waals surface area contributed by atoms with Gasteiger partial charge in [-0.15, -0.1) is 11.3 Å². The first-order valence-electron chi connectivity index (χ1n) is 5.83. The summed E-state index contributed by atoms with van der Waals surface area (Å²) in [6, 6.07) is 5.54. The van der Waals surface area contributed by atoms with Gasteiger partial charge in [-0.3, -0.25) is 9.36 Å². The van der Waals surface area contributed by atoms with Crippen molar-refractivity contribution < 1.29 is 23.1 Å². The molecular formula is C13H6F3NO3S2. The SMILES string of the molecule is O=C(O)c1cc2sc(=O)n(-c3ccc(C(F)(F)F)cc3)c2s1. The molecule has 22 heavy (non-hydrogen) atoms. The molecule has 0 radical (unpaired) electrons. The summed E-state index contributed by atoms with van der Waals surface area (Å²) < 4.78 is 39.4. The highest BCUT2D eigenvalue weighted by Gasteiger charge is 2.30. The zero-order chi connectivity index (χ0) is 16.1. The Labute approximate surface area is 128 Å². The number of hydrogen-bond acceptors (Lipinski definition) is 4. The average molecular weight is 345 g/mol. The number of aromatic nitrogens is 1. The summed E-state index contributed by atoms with van der Waals surface area (Å²) in [5.74, 6) is -1.11. The molecule has 1 N–H and O–H groups in total. The van der Waals surface area contributed by atoms with E-state index in [1.807, 2.05) is 0 Å². The van der Waals surface area contributed by atoms with Gasteiger partial charge in [0, 0.05) is 0 Å². The van der Waals surface area contributed by atoms with Gasteiger partial charge in [-0.2, -0.15) is 13.2 Å². The van der Waals surface area contributed by atoms with Crippen LogP contribution in [0.15, 0.2) is 35.1 Å². The number of rotatable bonds is 2. The van der Waals surface area contributed by atoms with Crippen molar-refractivity contribution in [3.8, 4) is 5.69 Å². The summed E-state index contributed by atoms with van der Waals surface area (Å²) in [6.07, 6.45) is -4.45. The van der Waals surface area contributed by atoms with Gasteiger partial charge in [-0.05, 0) is 30.3 Å². The maximum absolute atomic E-state index is 12.6. The van der Waals surface area contributed by atoms with Gasteiger partial charge in [-0.1, -0.05) is 11.3 Å². The third-order valence-corrected chi connectivity index (χ3v) is 5.05. The van der Waals surface area contributed by atoms with E-state index in [2.05, 4.69) is 0 Å². The van der Waals surface area contributed by atoms with E-state index in [4.69, 9.17) is 5.11 Å². The molecule has 0 unspecified atom stereocenters. The van der Waals surface area contributed by atoms with Crippen LogP contribution in [0.1, 0.15) is 15.2 Å². The van der Waals surface area contributed by atoms with Gasteiger partial charge in [0.2, 0.25) is 0 Å². The normalized spacial score (nSPS) is 12.0. The molecular weight excluding hydrogens is 339 g/mol. The highest BCUT2D eigenvalue weighted by Crippen LogP contribution is 2.32. The first kappa shape index (κ1) is 14.8. The Hall–Kier alpha value is -2.13. The summed E-state index contributed by atoms with van der Waals surface area (Å²) in [5, 5.41) is 8.96. The number of thiazole rings is 1. The molecule has 2 heterocycles. The van der Waals surface area contributed by atoms with E-state index in [-0.39, 0.29) is 15.4 Å². The molecule has 9 heteroatoms. The third-order valence-electron chi connectivity index (χ3n) is 2.93. The molecule has 0 amide bonds. The first-order chi connectivity index (χ1) is 10.3. The van der Waals surface area contributed by atoms with E-state index in [0.29, 0.717) is 9.53 Å². The lowest BCUT2D eigenvalue weighted by atomic mass is 10.2. The van der Waals surface area contributed by atoms with Crippen LogP contribution in [-0.4, -0.2) is 15.6 Å². The second-order valence-electron chi connectivity index (χ2n) is 4.33. The molecule has 4 nitrogen and oxygen atoms in total. The maximum atomic E-state index is 12.6. The summed E-state index contributed by atoms with van der Waals surface area (Å²) >= 11 is 1.76. The fourth-order valence-electron chi connectivity index (χ4n) is 1.94. The van der Waals surface area contributed by atoms with E-state index >= 15 is 0 Å². The minimum absolute atomic E-state index is 0.0712. The van der Waals surface area contributed by atoms with Crippen molar-refractivity contribution in [1.82, 2.24) is 4.57 Å². The van der Waals surface area contributed by atoms with Crippen molar-refractivity contribution >= 4 is 38.2 Å². The molecule has 1 aromatic carbocycles. The van der Waals surface area contributed by atoms with E-state index in [0.717, 1.165) is 34.8 Å². The van der Waals surface area contributed by atoms with Crippen LogP contribution in [0, 0.1) is 0 Å². The Bertz CT molecular complexity index is 919. The second kappa shape index (κ2) is 4.96. The smallest absolute Gasteiger partial charge is 0.416 e. The predicted octanol–water partition coefficient (Wildman–Crippen LogP) is 3.83. The van der Waals surface area contributed by atoms with Gasteiger partial charge in [0.05, 0.1) is 16.0 Å². The van der Waals surface area contributed by atoms with Crippen LogP contribution < -0.4 is 4.87 Å². The molecule has 0 aliphatic rings. The molecule has 0 spiro atoms. The van der Waals surface area contributed by atoms with Crippen molar-refractivity contribution in [2.24, 2.45) is 0 Å². The number of benzene rings is 1. The fourth-order valence-corrected chi connectivity index (χ4v) is 4.07. The number of fused-ring (bicyclic) bond motifs is 1. The summed E-state index contributed by atoms with van der Waals surface area (Å²) in [5.41, 5.74) is -0.545. The minimum atomic E-state index is -4.45. The van der Waals surface area contributed by atoms with Crippen LogP contribution in [0.2, 0.25) is 0 Å². The van der Waals surface area contributed by atoms with E-state index < -0.39 is 17.7 Å². The fraction of sp³-hybridized carbons (Fsp3) is 0.0769. The van der Waals surface area contributed by atoms with Crippen LogP contribution in [0.25, 0.3) is 15.2 Å². The number of nitrogens with zero attached hydrogens (tertiary/aromatic N) is 1. The molecule has 3 rings (SSSR count). The minimum Gasteiger partial charge on any atom is -0.477 e. The van der Waals surface area contributed by atoms with Crippen LogP contribution in [0.5, 0.6) is 0 Å². The molecule has 2 aromatic heterocycles. The van der Waals surface area contributed by atoms with Crippen LogP contribution in [-0.2, 0) is 6.18 Å². The van der Waals surface area contributed by atoms with Crippen molar-refractivity contribution in [2.45, 2.75) is 6.18 Å². The maximum Gasteiger partial charge on any atom is 0.416 e. The van der Waals surface area contributed by atoms with Gasteiger partial charge in [0.1, 0.15) is 9.71 Å². The predicted molar refractivity (Wildman–Crippen MR) is 77.3 cm³/mol. The number of carboxylic acids is 1. The highest BCUT2D eigenvalue weighted by atomic mass is 32.1. The van der Waals surface area contributed by atoms with E-state index in [1.165, 1.54) is 22.8 Å². The summed E-state index contributed by atoms with van der Waals surface area (Å²) in [7, 11) is 0. The third kappa shape index (κ3) is 2.42. The molecule has 0 aliphatic heterocycles. The largest absolute Gasteiger partial charge is 0.477 e. The molecule has 0 aliphatic carbocycles. The first-order valence-corrected chi connectivity index (χ1v) is 7.47. The van der Waals surface area contributed by atoms with Crippen LogP contribution in [0.4, 0.5) is 13.2 Å². The average Bonchev–Trinajstić information content (AvgIpc) is 2.94. The molecule has 0 bridgehead atoms. The Morgan fingerprint density at radius 2 is 1.77 bits per heavy atom. The Morgan fingerprint density at radius 3 is 2.32 bits per heavy atom. The molecule has 0 saturated carbocycles. The molecule has 3 aromatic rings. The Balaban J connectivity index is 2.15. The number of carboxylic acid groups (broad SMARTS) is 1. The van der Waals surface area contributed by atoms with Gasteiger partial charge >= 0.3 is 17.0 Å². The molecule has 0 saturated heterocycles. The monoisotopic (exact) mass is 345 g/mol.